The molecule has 1 unspecified atom stereocenters. The highest BCUT2D eigenvalue weighted by atomic mass is 79.9. The third-order valence-corrected chi connectivity index (χ3v) is 1.68. The smallest absolute Gasteiger partial charge is 0.171 e. The largest absolute Gasteiger partial charge is 0.296 e. The van der Waals surface area contributed by atoms with E-state index in [1.807, 2.05) is 0 Å². The Labute approximate surface area is 63.7 Å². The molecule has 42 valence electrons. The molecule has 0 aliphatic carbocycles. The van der Waals surface area contributed by atoms with Gasteiger partial charge in [-0.15, -0.1) is 11.6 Å². The predicted molar refractivity (Wildman–Crippen MR) is 37.4 cm³/mol. The summed E-state index contributed by atoms with van der Waals surface area (Å²) in [6, 6.07) is 0. The van der Waals surface area contributed by atoms with Crippen molar-refractivity contribution < 1.29 is 4.79 Å². The molecule has 0 N–H and O–H groups in total. The maximum atomic E-state index is 10.3. The van der Waals surface area contributed by atoms with Gasteiger partial charge in [0.05, 0.1) is 5.33 Å². The van der Waals surface area contributed by atoms with E-state index in [0.717, 1.165) is 0 Å². The number of Topliss-reactive ketones (excluding diaryl/α,β-unsaturated/α-hetero) is 1. The molecule has 0 saturated carbocycles. The standard InChI is InChI=1S/C3H3Br2ClO/c4-1-2(7)3(5)6/h3H,1H2. The van der Waals surface area contributed by atoms with Crippen molar-refractivity contribution in [3.63, 3.8) is 0 Å². The van der Waals surface area contributed by atoms with Gasteiger partial charge in [0.2, 0.25) is 0 Å². The molecule has 0 aliphatic heterocycles. The summed E-state index contributed by atoms with van der Waals surface area (Å²) in [6.07, 6.45) is 0. The van der Waals surface area contributed by atoms with Crippen LogP contribution in [0.15, 0.2) is 0 Å². The van der Waals surface area contributed by atoms with Gasteiger partial charge in [-0.25, -0.2) is 0 Å². The van der Waals surface area contributed by atoms with Gasteiger partial charge in [-0.1, -0.05) is 31.9 Å². The number of halogens is 3. The first-order chi connectivity index (χ1) is 3.18. The van der Waals surface area contributed by atoms with Gasteiger partial charge >= 0.3 is 0 Å². The topological polar surface area (TPSA) is 17.1 Å². The number of ketones is 1. The number of hydrogen-bond donors (Lipinski definition) is 0. The third-order valence-electron chi connectivity index (χ3n) is 0.375. The molecular weight excluding hydrogens is 247 g/mol. The highest BCUT2D eigenvalue weighted by Gasteiger charge is 2.06. The minimum absolute atomic E-state index is 0.0540. The summed E-state index contributed by atoms with van der Waals surface area (Å²) in [5, 5.41) is 0.312. The highest BCUT2D eigenvalue weighted by Crippen LogP contribution is 2.06. The van der Waals surface area contributed by atoms with Gasteiger partial charge in [-0.2, -0.15) is 0 Å². The minimum Gasteiger partial charge on any atom is -0.296 e. The van der Waals surface area contributed by atoms with E-state index in [9.17, 15) is 4.79 Å². The molecule has 0 rings (SSSR count). The van der Waals surface area contributed by atoms with Crippen LogP contribution in [0.3, 0.4) is 0 Å². The third kappa shape index (κ3) is 3.50. The van der Waals surface area contributed by atoms with Gasteiger partial charge in [0, 0.05) is 0 Å². The van der Waals surface area contributed by atoms with Crippen LogP contribution < -0.4 is 0 Å². The Morgan fingerprint density at radius 3 is 2.29 bits per heavy atom. The molecule has 4 heteroatoms. The second kappa shape index (κ2) is 3.87. The van der Waals surface area contributed by atoms with E-state index in [0.29, 0.717) is 5.33 Å². The van der Waals surface area contributed by atoms with Gasteiger partial charge in [0.1, 0.15) is 4.29 Å². The first-order valence-electron chi connectivity index (χ1n) is 1.55. The van der Waals surface area contributed by atoms with Crippen molar-refractivity contribution in [1.82, 2.24) is 0 Å². The van der Waals surface area contributed by atoms with Crippen LogP contribution in [0.25, 0.3) is 0 Å². The molecule has 0 radical (unpaired) electrons. The fourth-order valence-corrected chi connectivity index (χ4v) is 1.24. The zero-order chi connectivity index (χ0) is 5.86. The molecule has 0 bridgehead atoms. The molecule has 1 nitrogen and oxygen atoms in total. The van der Waals surface area contributed by atoms with Gasteiger partial charge in [0.25, 0.3) is 0 Å². The van der Waals surface area contributed by atoms with Crippen LogP contribution in [0.5, 0.6) is 0 Å². The van der Waals surface area contributed by atoms with Crippen LogP contribution in [0.2, 0.25) is 0 Å². The van der Waals surface area contributed by atoms with Crippen molar-refractivity contribution in [3.05, 3.63) is 0 Å². The molecule has 0 aliphatic rings. The molecule has 1 atom stereocenters. The summed E-state index contributed by atoms with van der Waals surface area (Å²) in [5.41, 5.74) is 0. The Bertz CT molecular complexity index is 73.3. The molecule has 0 aromatic carbocycles. The first kappa shape index (κ1) is 7.92. The molecular formula is C3H3Br2ClO. The van der Waals surface area contributed by atoms with Gasteiger partial charge < -0.3 is 0 Å². The van der Waals surface area contributed by atoms with Crippen molar-refractivity contribution >= 4 is 49.2 Å². The lowest BCUT2D eigenvalue weighted by atomic mass is 10.5. The Balaban J connectivity index is 3.35. The molecule has 0 heterocycles. The fourth-order valence-electron chi connectivity index (χ4n) is 0.0583. The maximum absolute atomic E-state index is 10.3. The lowest BCUT2D eigenvalue weighted by molar-refractivity contribution is -0.114. The molecule has 0 amide bonds. The monoisotopic (exact) mass is 248 g/mol. The SMILES string of the molecule is O=C(CBr)C(Cl)Br. The number of carbonyl (C=O) groups excluding carboxylic acids is 1. The number of alkyl halides is 3. The second-order valence-electron chi connectivity index (χ2n) is 0.901. The van der Waals surface area contributed by atoms with E-state index in [4.69, 9.17) is 11.6 Å². The van der Waals surface area contributed by atoms with Gasteiger partial charge in [0.15, 0.2) is 5.78 Å². The van der Waals surface area contributed by atoms with Crippen LogP contribution in [-0.4, -0.2) is 15.4 Å². The molecule has 0 spiro atoms. The predicted octanol–water partition coefficient (Wildman–Crippen LogP) is 1.91. The van der Waals surface area contributed by atoms with Gasteiger partial charge in [-0.05, 0) is 0 Å². The quantitative estimate of drug-likeness (QED) is 0.684. The Kier molecular flexibility index (Phi) is 4.37. The lowest BCUT2D eigenvalue weighted by Crippen LogP contribution is -2.06. The average Bonchev–Trinajstić information content (AvgIpc) is 1.65. The summed E-state index contributed by atoms with van der Waals surface area (Å²) in [7, 11) is 0. The van der Waals surface area contributed by atoms with Crippen molar-refractivity contribution in [1.29, 1.82) is 0 Å². The molecule has 0 saturated heterocycles. The minimum atomic E-state index is -0.535. The van der Waals surface area contributed by atoms with E-state index in [1.165, 1.54) is 0 Å². The fraction of sp³-hybridized carbons (Fsp3) is 0.667. The highest BCUT2D eigenvalue weighted by molar-refractivity contribution is 9.10. The van der Waals surface area contributed by atoms with Crippen LogP contribution in [0.4, 0.5) is 0 Å². The number of rotatable bonds is 2. The van der Waals surface area contributed by atoms with Crippen molar-refractivity contribution in [2.45, 2.75) is 4.29 Å². The van der Waals surface area contributed by atoms with E-state index < -0.39 is 4.29 Å². The van der Waals surface area contributed by atoms with Crippen LogP contribution >= 0.6 is 43.5 Å². The summed E-state index contributed by atoms with van der Waals surface area (Å²) in [5.74, 6) is -0.0540. The Hall–Kier alpha value is 0.920. The normalized spacial score (nSPS) is 13.6. The maximum Gasteiger partial charge on any atom is 0.171 e. The zero-order valence-corrected chi connectivity index (χ0v) is 7.25. The first-order valence-corrected chi connectivity index (χ1v) is 4.02. The zero-order valence-electron chi connectivity index (χ0n) is 3.33. The van der Waals surface area contributed by atoms with Gasteiger partial charge in [-0.3, -0.25) is 4.79 Å². The Morgan fingerprint density at radius 1 is 1.86 bits per heavy atom. The number of hydrogen-bond acceptors (Lipinski definition) is 1. The van der Waals surface area contributed by atoms with E-state index >= 15 is 0 Å². The van der Waals surface area contributed by atoms with Crippen molar-refractivity contribution in [2.24, 2.45) is 0 Å². The molecule has 0 aromatic rings. The lowest BCUT2D eigenvalue weighted by Gasteiger charge is -1.90. The molecule has 0 fully saturated rings. The van der Waals surface area contributed by atoms with E-state index in [2.05, 4.69) is 31.9 Å². The van der Waals surface area contributed by atoms with E-state index in [1.54, 1.807) is 0 Å². The Morgan fingerprint density at radius 2 is 2.29 bits per heavy atom. The molecule has 7 heavy (non-hydrogen) atoms. The summed E-state index contributed by atoms with van der Waals surface area (Å²) in [4.78, 5) is 10.3. The van der Waals surface area contributed by atoms with E-state index in [-0.39, 0.29) is 5.78 Å². The summed E-state index contributed by atoms with van der Waals surface area (Å²) in [6.45, 7) is 0. The summed E-state index contributed by atoms with van der Waals surface area (Å²) < 4.78 is -0.535. The average molecular weight is 250 g/mol. The second-order valence-corrected chi connectivity index (χ2v) is 3.34. The van der Waals surface area contributed by atoms with Crippen molar-refractivity contribution in [3.8, 4) is 0 Å². The van der Waals surface area contributed by atoms with Crippen molar-refractivity contribution in [2.75, 3.05) is 5.33 Å². The van der Waals surface area contributed by atoms with Crippen LogP contribution in [-0.2, 0) is 4.79 Å². The van der Waals surface area contributed by atoms with Crippen LogP contribution in [0, 0.1) is 0 Å². The number of carbonyl (C=O) groups is 1. The molecule has 0 aromatic heterocycles. The van der Waals surface area contributed by atoms with Crippen LogP contribution in [0.1, 0.15) is 0 Å². The summed E-state index contributed by atoms with van der Waals surface area (Å²) >= 11 is 11.1.